The number of nitrogens with one attached hydrogen (secondary N) is 1. The van der Waals surface area contributed by atoms with Gasteiger partial charge in [-0.2, -0.15) is 0 Å². The van der Waals surface area contributed by atoms with E-state index >= 15 is 0 Å². The van der Waals surface area contributed by atoms with Crippen molar-refractivity contribution in [3.05, 3.63) is 22.5 Å². The molecule has 1 saturated heterocycles. The molecule has 0 unspecified atom stereocenters. The van der Waals surface area contributed by atoms with Crippen LogP contribution in [0.1, 0.15) is 63.8 Å². The Morgan fingerprint density at radius 2 is 1.93 bits per heavy atom. The normalized spacial score (nSPS) is 16.6. The minimum atomic E-state index is -0.429. The number of hydrogen-bond donors (Lipinski definition) is 1. The van der Waals surface area contributed by atoms with Gasteiger partial charge in [-0.25, -0.2) is 4.79 Å². The molecule has 0 aromatic carbocycles. The number of aromatic nitrogens is 4. The molecule has 0 atom stereocenters. The molecule has 2 aromatic heterocycles. The molecular weight excluding hydrogens is 378 g/mol. The lowest BCUT2D eigenvalue weighted by atomic mass is 10.1. The number of aromatic amines is 1. The van der Waals surface area contributed by atoms with Crippen molar-refractivity contribution in [3.63, 3.8) is 0 Å². The predicted octanol–water partition coefficient (Wildman–Crippen LogP) is 2.92. The zero-order valence-electron chi connectivity index (χ0n) is 16.4. The SMILES string of the molecule is COC(=O)c1c(C)[nH]c(C(=O)CSc2nnc(N3CCCC3)n2C2CC2)c1C. The van der Waals surface area contributed by atoms with Gasteiger partial charge in [0.15, 0.2) is 10.9 Å². The van der Waals surface area contributed by atoms with Gasteiger partial charge in [0.25, 0.3) is 0 Å². The fourth-order valence-electron chi connectivity index (χ4n) is 3.79. The van der Waals surface area contributed by atoms with Crippen molar-refractivity contribution in [3.8, 4) is 0 Å². The Bertz CT molecular complexity index is 909. The minimum Gasteiger partial charge on any atom is -0.465 e. The fourth-order valence-corrected chi connectivity index (χ4v) is 4.67. The van der Waals surface area contributed by atoms with E-state index in [4.69, 9.17) is 4.74 Å². The third-order valence-corrected chi connectivity index (χ3v) is 6.33. The highest BCUT2D eigenvalue weighted by atomic mass is 32.2. The Labute approximate surface area is 168 Å². The molecule has 0 radical (unpaired) electrons. The minimum absolute atomic E-state index is 0.0613. The largest absolute Gasteiger partial charge is 0.465 e. The zero-order chi connectivity index (χ0) is 19.8. The highest BCUT2D eigenvalue weighted by Gasteiger charge is 2.32. The fraction of sp³-hybridized carbons (Fsp3) is 0.579. The average Bonchev–Trinajstić information content (AvgIpc) is 3.09. The highest BCUT2D eigenvalue weighted by molar-refractivity contribution is 7.99. The van der Waals surface area contributed by atoms with Gasteiger partial charge in [0, 0.05) is 24.8 Å². The molecule has 3 heterocycles. The molecule has 1 aliphatic carbocycles. The van der Waals surface area contributed by atoms with E-state index in [9.17, 15) is 9.59 Å². The van der Waals surface area contributed by atoms with Gasteiger partial charge in [0.2, 0.25) is 5.95 Å². The summed E-state index contributed by atoms with van der Waals surface area (Å²) in [4.78, 5) is 30.1. The van der Waals surface area contributed by atoms with E-state index < -0.39 is 5.97 Å². The second-order valence-electron chi connectivity index (χ2n) is 7.41. The van der Waals surface area contributed by atoms with Crippen LogP contribution in [-0.4, -0.2) is 57.5 Å². The summed E-state index contributed by atoms with van der Waals surface area (Å²) in [6.45, 7) is 5.58. The van der Waals surface area contributed by atoms with Gasteiger partial charge in [-0.05, 0) is 45.1 Å². The van der Waals surface area contributed by atoms with Crippen LogP contribution in [0, 0.1) is 13.8 Å². The summed E-state index contributed by atoms with van der Waals surface area (Å²) in [7, 11) is 1.34. The molecule has 1 N–H and O–H groups in total. The molecule has 2 aromatic rings. The van der Waals surface area contributed by atoms with Gasteiger partial charge in [-0.15, -0.1) is 10.2 Å². The topological polar surface area (TPSA) is 93.1 Å². The molecule has 1 saturated carbocycles. The number of carbonyl (C=O) groups excluding carboxylic acids is 2. The summed E-state index contributed by atoms with van der Waals surface area (Å²) in [5, 5.41) is 9.59. The number of aryl methyl sites for hydroxylation is 1. The number of esters is 1. The van der Waals surface area contributed by atoms with Crippen molar-refractivity contribution < 1.29 is 14.3 Å². The van der Waals surface area contributed by atoms with Gasteiger partial charge >= 0.3 is 5.97 Å². The Balaban J connectivity index is 1.51. The third-order valence-electron chi connectivity index (χ3n) is 5.39. The third kappa shape index (κ3) is 3.43. The Hall–Kier alpha value is -2.29. The van der Waals surface area contributed by atoms with Crippen molar-refractivity contribution in [2.45, 2.75) is 50.7 Å². The predicted molar refractivity (Wildman–Crippen MR) is 106 cm³/mol. The first-order valence-corrected chi connectivity index (χ1v) is 10.6. The van der Waals surface area contributed by atoms with E-state index in [1.807, 2.05) is 0 Å². The molecule has 0 spiro atoms. The van der Waals surface area contributed by atoms with Crippen LogP contribution in [0.5, 0.6) is 0 Å². The van der Waals surface area contributed by atoms with Crippen LogP contribution in [0.4, 0.5) is 5.95 Å². The molecule has 2 fully saturated rings. The number of rotatable bonds is 7. The number of anilines is 1. The standard InChI is InChI=1S/C19H25N5O3S/c1-11-15(17(26)27-3)12(2)20-16(11)14(25)10-28-19-22-21-18(23-8-4-5-9-23)24(19)13-6-7-13/h13,20H,4-10H2,1-3H3. The molecule has 9 heteroatoms. The van der Waals surface area contributed by atoms with Crippen molar-refractivity contribution in [1.82, 2.24) is 19.7 Å². The first-order chi connectivity index (χ1) is 13.5. The summed E-state index contributed by atoms with van der Waals surface area (Å²) >= 11 is 1.41. The number of Topliss-reactive ketones (excluding diaryl/α,β-unsaturated/α-hetero) is 1. The van der Waals surface area contributed by atoms with Crippen molar-refractivity contribution in [2.75, 3.05) is 30.9 Å². The lowest BCUT2D eigenvalue weighted by Crippen LogP contribution is -2.22. The monoisotopic (exact) mass is 403 g/mol. The lowest BCUT2D eigenvalue weighted by molar-refractivity contribution is 0.0599. The Kier molecular flexibility index (Phi) is 5.18. The average molecular weight is 404 g/mol. The summed E-state index contributed by atoms with van der Waals surface area (Å²) in [6.07, 6.45) is 4.65. The summed E-state index contributed by atoms with van der Waals surface area (Å²) < 4.78 is 7.02. The van der Waals surface area contributed by atoms with Gasteiger partial charge in [-0.1, -0.05) is 11.8 Å². The molecule has 150 valence electrons. The van der Waals surface area contributed by atoms with Crippen LogP contribution in [0.2, 0.25) is 0 Å². The molecule has 8 nitrogen and oxygen atoms in total. The maximum Gasteiger partial charge on any atom is 0.339 e. The zero-order valence-corrected chi connectivity index (χ0v) is 17.3. The van der Waals surface area contributed by atoms with Crippen LogP contribution in [0.15, 0.2) is 5.16 Å². The van der Waals surface area contributed by atoms with Gasteiger partial charge in [-0.3, -0.25) is 9.36 Å². The second-order valence-corrected chi connectivity index (χ2v) is 8.35. The molecule has 28 heavy (non-hydrogen) atoms. The van der Waals surface area contributed by atoms with E-state index in [0.717, 1.165) is 37.0 Å². The number of H-pyrrole nitrogens is 1. The van der Waals surface area contributed by atoms with Crippen LogP contribution >= 0.6 is 11.8 Å². The maximum atomic E-state index is 12.8. The number of nitrogens with zero attached hydrogens (tertiary/aromatic N) is 4. The second kappa shape index (κ2) is 7.62. The van der Waals surface area contributed by atoms with Crippen molar-refractivity contribution in [1.29, 1.82) is 0 Å². The number of methoxy groups -OCH3 is 1. The number of hydrogen-bond acceptors (Lipinski definition) is 7. The Morgan fingerprint density at radius 3 is 2.57 bits per heavy atom. The molecule has 1 aliphatic heterocycles. The van der Waals surface area contributed by atoms with E-state index in [0.29, 0.717) is 28.6 Å². The van der Waals surface area contributed by atoms with E-state index in [1.165, 1.54) is 31.7 Å². The smallest absolute Gasteiger partial charge is 0.339 e. The molecular formula is C19H25N5O3S. The highest BCUT2D eigenvalue weighted by Crippen LogP contribution is 2.41. The number of carbonyl (C=O) groups is 2. The summed E-state index contributed by atoms with van der Waals surface area (Å²) in [5.74, 6) is 0.692. The first-order valence-electron chi connectivity index (χ1n) is 9.64. The lowest BCUT2D eigenvalue weighted by Gasteiger charge is -2.17. The number of thioether (sulfide) groups is 1. The van der Waals surface area contributed by atoms with Crippen LogP contribution < -0.4 is 4.90 Å². The van der Waals surface area contributed by atoms with Crippen LogP contribution in [-0.2, 0) is 4.74 Å². The number of ether oxygens (including phenoxy) is 1. The molecule has 4 rings (SSSR count). The number of ketones is 1. The first kappa shape index (κ1) is 19.0. The van der Waals surface area contributed by atoms with E-state index in [1.54, 1.807) is 13.8 Å². The quantitative estimate of drug-likeness (QED) is 0.432. The molecule has 0 bridgehead atoms. The van der Waals surface area contributed by atoms with Gasteiger partial charge in [0.1, 0.15) is 0 Å². The summed E-state index contributed by atoms with van der Waals surface area (Å²) in [6, 6.07) is 0.448. The molecule has 0 amide bonds. The van der Waals surface area contributed by atoms with Crippen LogP contribution in [0.25, 0.3) is 0 Å². The van der Waals surface area contributed by atoms with Crippen LogP contribution in [0.3, 0.4) is 0 Å². The Morgan fingerprint density at radius 1 is 1.21 bits per heavy atom. The molecule has 2 aliphatic rings. The summed E-state index contributed by atoms with van der Waals surface area (Å²) in [5.41, 5.74) is 2.18. The van der Waals surface area contributed by atoms with Crippen molar-refractivity contribution in [2.24, 2.45) is 0 Å². The maximum absolute atomic E-state index is 12.8. The van der Waals surface area contributed by atoms with E-state index in [-0.39, 0.29) is 11.5 Å². The van der Waals surface area contributed by atoms with Gasteiger partial charge in [0.05, 0.1) is 24.1 Å². The van der Waals surface area contributed by atoms with E-state index in [2.05, 4.69) is 24.6 Å². The van der Waals surface area contributed by atoms with Crippen molar-refractivity contribution >= 4 is 29.5 Å². The van der Waals surface area contributed by atoms with Gasteiger partial charge < -0.3 is 14.6 Å².